The highest BCUT2D eigenvalue weighted by Gasteiger charge is 2.34. The van der Waals surface area contributed by atoms with Crippen LogP contribution >= 0.6 is 0 Å². The van der Waals surface area contributed by atoms with Gasteiger partial charge in [-0.2, -0.15) is 0 Å². The molecular formula is C13H12N2O4. The number of esters is 1. The number of imide groups is 1. The van der Waals surface area contributed by atoms with E-state index < -0.39 is 17.9 Å². The Bertz CT molecular complexity index is 551. The SMILES string of the molecule is COC(=O)C=C1NC(=O)N(Cc2ccccc2)C1=O. The minimum atomic E-state index is -0.690. The van der Waals surface area contributed by atoms with Crippen LogP contribution < -0.4 is 5.32 Å². The molecule has 1 aromatic rings. The fourth-order valence-corrected chi connectivity index (χ4v) is 1.66. The van der Waals surface area contributed by atoms with Crippen LogP contribution in [-0.4, -0.2) is 29.9 Å². The van der Waals surface area contributed by atoms with E-state index in [1.54, 1.807) is 0 Å². The van der Waals surface area contributed by atoms with Crippen molar-refractivity contribution in [2.75, 3.05) is 7.11 Å². The van der Waals surface area contributed by atoms with Gasteiger partial charge in [-0.1, -0.05) is 30.3 Å². The Kier molecular flexibility index (Phi) is 3.61. The van der Waals surface area contributed by atoms with Crippen LogP contribution in [0.5, 0.6) is 0 Å². The van der Waals surface area contributed by atoms with E-state index in [9.17, 15) is 14.4 Å². The van der Waals surface area contributed by atoms with Gasteiger partial charge in [0.25, 0.3) is 5.91 Å². The van der Waals surface area contributed by atoms with Crippen LogP contribution in [0.1, 0.15) is 5.56 Å². The maximum Gasteiger partial charge on any atom is 0.332 e. The van der Waals surface area contributed by atoms with Gasteiger partial charge in [-0.05, 0) is 5.56 Å². The van der Waals surface area contributed by atoms with Crippen molar-refractivity contribution in [1.82, 2.24) is 10.2 Å². The molecule has 1 aliphatic rings. The molecule has 1 heterocycles. The number of rotatable bonds is 3. The first-order chi connectivity index (χ1) is 9.11. The van der Waals surface area contributed by atoms with Crippen LogP contribution in [0.4, 0.5) is 4.79 Å². The minimum absolute atomic E-state index is 0.0761. The van der Waals surface area contributed by atoms with Gasteiger partial charge in [-0.15, -0.1) is 0 Å². The average Bonchev–Trinajstić information content (AvgIpc) is 2.67. The van der Waals surface area contributed by atoms with Gasteiger partial charge in [0, 0.05) is 0 Å². The van der Waals surface area contributed by atoms with Gasteiger partial charge in [0.1, 0.15) is 5.70 Å². The fourth-order valence-electron chi connectivity index (χ4n) is 1.66. The van der Waals surface area contributed by atoms with Crippen molar-refractivity contribution >= 4 is 17.9 Å². The Morgan fingerprint density at radius 2 is 2.00 bits per heavy atom. The fraction of sp³-hybridized carbons (Fsp3) is 0.154. The van der Waals surface area contributed by atoms with E-state index >= 15 is 0 Å². The van der Waals surface area contributed by atoms with E-state index in [4.69, 9.17) is 0 Å². The van der Waals surface area contributed by atoms with Crippen LogP contribution in [0.2, 0.25) is 0 Å². The number of methoxy groups -OCH3 is 1. The predicted molar refractivity (Wildman–Crippen MR) is 65.6 cm³/mol. The Balaban J connectivity index is 2.15. The molecule has 0 aromatic heterocycles. The number of hydrogen-bond donors (Lipinski definition) is 1. The summed E-state index contributed by atoms with van der Waals surface area (Å²) in [5.74, 6) is -1.23. The molecule has 0 aliphatic carbocycles. The van der Waals surface area contributed by atoms with Crippen molar-refractivity contribution in [2.24, 2.45) is 0 Å². The van der Waals surface area contributed by atoms with Crippen LogP contribution in [0.15, 0.2) is 42.1 Å². The van der Waals surface area contributed by atoms with Crippen molar-refractivity contribution in [3.63, 3.8) is 0 Å². The number of nitrogens with zero attached hydrogens (tertiary/aromatic N) is 1. The summed E-state index contributed by atoms with van der Waals surface area (Å²) in [4.78, 5) is 35.7. The number of nitrogens with one attached hydrogen (secondary N) is 1. The molecule has 1 fully saturated rings. The Morgan fingerprint density at radius 1 is 1.32 bits per heavy atom. The van der Waals surface area contributed by atoms with Crippen molar-refractivity contribution in [3.8, 4) is 0 Å². The number of hydrogen-bond acceptors (Lipinski definition) is 4. The predicted octanol–water partition coefficient (Wildman–Crippen LogP) is 0.795. The second-order valence-corrected chi connectivity index (χ2v) is 3.89. The first-order valence-electron chi connectivity index (χ1n) is 5.58. The molecule has 0 saturated carbocycles. The zero-order valence-corrected chi connectivity index (χ0v) is 10.3. The second kappa shape index (κ2) is 5.34. The van der Waals surface area contributed by atoms with E-state index in [1.165, 1.54) is 7.11 Å². The molecule has 0 spiro atoms. The third kappa shape index (κ3) is 2.79. The van der Waals surface area contributed by atoms with E-state index in [2.05, 4.69) is 10.1 Å². The quantitative estimate of drug-likeness (QED) is 0.495. The second-order valence-electron chi connectivity index (χ2n) is 3.89. The molecule has 1 N–H and O–H groups in total. The lowest BCUT2D eigenvalue weighted by Gasteiger charge is -2.11. The van der Waals surface area contributed by atoms with Crippen LogP contribution in [0, 0.1) is 0 Å². The van der Waals surface area contributed by atoms with E-state index in [0.29, 0.717) is 0 Å². The Labute approximate surface area is 109 Å². The smallest absolute Gasteiger partial charge is 0.332 e. The van der Waals surface area contributed by atoms with Gasteiger partial charge in [-0.3, -0.25) is 9.69 Å². The molecule has 0 atom stereocenters. The van der Waals surface area contributed by atoms with Crippen LogP contribution in [0.3, 0.4) is 0 Å². The third-order valence-corrected chi connectivity index (χ3v) is 2.61. The summed E-state index contributed by atoms with van der Waals surface area (Å²) >= 11 is 0. The van der Waals surface area contributed by atoms with Gasteiger partial charge >= 0.3 is 12.0 Å². The summed E-state index contributed by atoms with van der Waals surface area (Å²) in [5, 5.41) is 2.34. The minimum Gasteiger partial charge on any atom is -0.466 e. The number of urea groups is 1. The lowest BCUT2D eigenvalue weighted by molar-refractivity contribution is -0.135. The summed E-state index contributed by atoms with van der Waals surface area (Å²) in [6, 6.07) is 8.55. The normalized spacial score (nSPS) is 16.7. The summed E-state index contributed by atoms with van der Waals surface area (Å²) in [5.41, 5.74) is 0.748. The summed E-state index contributed by atoms with van der Waals surface area (Å²) in [7, 11) is 1.20. The molecule has 3 amide bonds. The molecule has 98 valence electrons. The molecule has 1 aromatic carbocycles. The molecule has 1 saturated heterocycles. The third-order valence-electron chi connectivity index (χ3n) is 2.61. The number of carbonyl (C=O) groups excluding carboxylic acids is 3. The summed E-state index contributed by atoms with van der Waals surface area (Å²) < 4.78 is 4.41. The van der Waals surface area contributed by atoms with Gasteiger partial charge in [0.05, 0.1) is 19.7 Å². The van der Waals surface area contributed by atoms with E-state index in [-0.39, 0.29) is 12.2 Å². The van der Waals surface area contributed by atoms with Crippen molar-refractivity contribution in [2.45, 2.75) is 6.54 Å². The van der Waals surface area contributed by atoms with Gasteiger partial charge in [0.15, 0.2) is 0 Å². The van der Waals surface area contributed by atoms with Crippen molar-refractivity contribution in [1.29, 1.82) is 0 Å². The highest BCUT2D eigenvalue weighted by Crippen LogP contribution is 2.14. The first-order valence-corrected chi connectivity index (χ1v) is 5.58. The lowest BCUT2D eigenvalue weighted by atomic mass is 10.2. The number of benzene rings is 1. The van der Waals surface area contributed by atoms with E-state index in [0.717, 1.165) is 16.5 Å². The Hall–Kier alpha value is -2.63. The average molecular weight is 260 g/mol. The van der Waals surface area contributed by atoms with Crippen molar-refractivity contribution in [3.05, 3.63) is 47.7 Å². The van der Waals surface area contributed by atoms with Crippen molar-refractivity contribution < 1.29 is 19.1 Å². The molecule has 0 radical (unpaired) electrons. The zero-order chi connectivity index (χ0) is 13.8. The molecule has 19 heavy (non-hydrogen) atoms. The first kappa shape index (κ1) is 12.8. The summed E-state index contributed by atoms with van der Waals surface area (Å²) in [6.45, 7) is 0.157. The van der Waals surface area contributed by atoms with E-state index in [1.807, 2.05) is 30.3 Å². The molecular weight excluding hydrogens is 248 g/mol. The van der Waals surface area contributed by atoms with Gasteiger partial charge in [0.2, 0.25) is 0 Å². The molecule has 0 bridgehead atoms. The maximum atomic E-state index is 11.9. The topological polar surface area (TPSA) is 75.7 Å². The molecule has 6 nitrogen and oxygen atoms in total. The standard InChI is InChI=1S/C13H12N2O4/c1-19-11(16)7-10-12(17)15(13(18)14-10)8-9-5-3-2-4-6-9/h2-7H,8H2,1H3,(H,14,18). The molecule has 0 unspecified atom stereocenters. The van der Waals surface area contributed by atoms with Crippen LogP contribution in [-0.2, 0) is 20.9 Å². The summed E-state index contributed by atoms with van der Waals surface area (Å²) in [6.07, 6.45) is 0.964. The highest BCUT2D eigenvalue weighted by atomic mass is 16.5. The monoisotopic (exact) mass is 260 g/mol. The molecule has 2 rings (SSSR count). The van der Waals surface area contributed by atoms with Gasteiger partial charge < -0.3 is 10.1 Å². The largest absolute Gasteiger partial charge is 0.466 e. The van der Waals surface area contributed by atoms with Gasteiger partial charge in [-0.25, -0.2) is 9.59 Å². The number of ether oxygens (including phenoxy) is 1. The lowest BCUT2D eigenvalue weighted by Crippen LogP contribution is -2.30. The van der Waals surface area contributed by atoms with Crippen LogP contribution in [0.25, 0.3) is 0 Å². The maximum absolute atomic E-state index is 11.9. The number of carbonyl (C=O) groups is 3. The highest BCUT2D eigenvalue weighted by molar-refractivity contribution is 6.13. The Morgan fingerprint density at radius 3 is 2.63 bits per heavy atom. The number of amides is 3. The molecule has 6 heteroatoms. The molecule has 1 aliphatic heterocycles. The zero-order valence-electron chi connectivity index (χ0n) is 10.3.